The molecule has 3 N–H and O–H groups in total. The first-order valence-corrected chi connectivity index (χ1v) is 6.70. The number of rotatable bonds is 4. The van der Waals surface area contributed by atoms with Crippen molar-refractivity contribution in [2.45, 2.75) is 38.9 Å². The van der Waals surface area contributed by atoms with Gasteiger partial charge in [0, 0.05) is 17.3 Å². The normalized spacial score (nSPS) is 12.4. The zero-order valence-electron chi connectivity index (χ0n) is 13.0. The number of aliphatic hydroxyl groups is 1. The van der Waals surface area contributed by atoms with E-state index in [0.29, 0.717) is 5.69 Å². The zero-order chi connectivity index (χ0) is 16.9. The van der Waals surface area contributed by atoms with Crippen LogP contribution in [0.25, 0.3) is 0 Å². The van der Waals surface area contributed by atoms with Gasteiger partial charge in [0.25, 0.3) is 0 Å². The highest BCUT2D eigenvalue weighted by Crippen LogP contribution is 2.29. The van der Waals surface area contributed by atoms with Crippen LogP contribution in [0.3, 0.4) is 0 Å². The van der Waals surface area contributed by atoms with Crippen molar-refractivity contribution in [3.05, 3.63) is 23.8 Å². The molecular weight excluding hydrogens is 290 g/mol. The van der Waals surface area contributed by atoms with Crippen molar-refractivity contribution in [2.24, 2.45) is 0 Å². The second-order valence-corrected chi connectivity index (χ2v) is 5.70. The quantitative estimate of drug-likeness (QED) is 0.737. The summed E-state index contributed by atoms with van der Waals surface area (Å²) in [6.45, 7) is 5.20. The highest BCUT2D eigenvalue weighted by atomic mass is 16.6. The third-order valence-corrected chi connectivity index (χ3v) is 2.62. The van der Waals surface area contributed by atoms with Gasteiger partial charge in [-0.05, 0) is 26.8 Å². The molecule has 0 saturated heterocycles. The average molecular weight is 311 g/mol. The van der Waals surface area contributed by atoms with Crippen LogP contribution in [-0.2, 0) is 14.3 Å². The minimum absolute atomic E-state index is 0.167. The number of anilines is 1. The molecule has 0 aliphatic heterocycles. The Balaban J connectivity index is 2.77. The Bertz CT molecular complexity index is 549. The van der Waals surface area contributed by atoms with Crippen molar-refractivity contribution in [1.82, 2.24) is 0 Å². The number of phenolic OH excluding ortho intramolecular Hbond substituents is 1. The van der Waals surface area contributed by atoms with Gasteiger partial charge in [-0.15, -0.1) is 0 Å². The standard InChI is InChI=1S/C15H21NO6/c1-15(2,3)22-14(20)16-9-5-6-10(11(17)7-9)12(18)8-13(19)21-4/h5-7,12,17-18H,8H2,1-4H3,(H,16,20)/t12-/m1/s1. The molecule has 122 valence electrons. The predicted octanol–water partition coefficient (Wildman–Crippen LogP) is 2.34. The third kappa shape index (κ3) is 5.61. The van der Waals surface area contributed by atoms with Crippen molar-refractivity contribution < 1.29 is 29.3 Å². The number of esters is 1. The van der Waals surface area contributed by atoms with E-state index < -0.39 is 23.8 Å². The SMILES string of the molecule is COC(=O)C[C@@H](O)c1ccc(NC(=O)OC(C)(C)C)cc1O. The van der Waals surface area contributed by atoms with E-state index in [4.69, 9.17) is 4.74 Å². The van der Waals surface area contributed by atoms with E-state index in [0.717, 1.165) is 0 Å². The van der Waals surface area contributed by atoms with Crippen LogP contribution in [0.15, 0.2) is 18.2 Å². The number of hydrogen-bond donors (Lipinski definition) is 3. The molecule has 0 aromatic heterocycles. The van der Waals surface area contributed by atoms with E-state index in [-0.39, 0.29) is 17.7 Å². The predicted molar refractivity (Wildman–Crippen MR) is 79.6 cm³/mol. The molecule has 0 spiro atoms. The Morgan fingerprint density at radius 3 is 2.45 bits per heavy atom. The molecule has 0 fully saturated rings. The number of hydrogen-bond acceptors (Lipinski definition) is 6. The van der Waals surface area contributed by atoms with E-state index in [1.165, 1.54) is 25.3 Å². The number of nitrogens with one attached hydrogen (secondary N) is 1. The lowest BCUT2D eigenvalue weighted by atomic mass is 10.0. The molecule has 0 bridgehead atoms. The maximum absolute atomic E-state index is 11.6. The van der Waals surface area contributed by atoms with Crippen LogP contribution in [0, 0.1) is 0 Å². The fourth-order valence-electron chi connectivity index (χ4n) is 1.68. The monoisotopic (exact) mass is 311 g/mol. The van der Waals surface area contributed by atoms with Crippen LogP contribution in [-0.4, -0.2) is 35.0 Å². The molecule has 1 aromatic rings. The number of phenols is 1. The van der Waals surface area contributed by atoms with Crippen LogP contribution < -0.4 is 5.32 Å². The number of ether oxygens (including phenoxy) is 2. The largest absolute Gasteiger partial charge is 0.507 e. The molecule has 22 heavy (non-hydrogen) atoms. The highest BCUT2D eigenvalue weighted by molar-refractivity contribution is 5.85. The molecule has 0 aliphatic rings. The number of amides is 1. The van der Waals surface area contributed by atoms with Crippen molar-refractivity contribution in [3.63, 3.8) is 0 Å². The summed E-state index contributed by atoms with van der Waals surface area (Å²) in [5, 5.41) is 22.2. The molecule has 0 aliphatic carbocycles. The van der Waals surface area contributed by atoms with Crippen molar-refractivity contribution in [3.8, 4) is 5.75 Å². The zero-order valence-corrected chi connectivity index (χ0v) is 13.0. The van der Waals surface area contributed by atoms with Gasteiger partial charge in [-0.2, -0.15) is 0 Å². The minimum atomic E-state index is -1.19. The topological polar surface area (TPSA) is 105 Å². The average Bonchev–Trinajstić information content (AvgIpc) is 2.35. The van der Waals surface area contributed by atoms with Gasteiger partial charge in [0.1, 0.15) is 11.4 Å². The number of carbonyl (C=O) groups is 2. The second-order valence-electron chi connectivity index (χ2n) is 5.70. The second kappa shape index (κ2) is 7.13. The van der Waals surface area contributed by atoms with Crippen molar-refractivity contribution in [2.75, 3.05) is 12.4 Å². The summed E-state index contributed by atoms with van der Waals surface area (Å²) in [7, 11) is 1.21. The van der Waals surface area contributed by atoms with Crippen LogP contribution >= 0.6 is 0 Å². The molecule has 1 amide bonds. The van der Waals surface area contributed by atoms with Gasteiger partial charge in [-0.3, -0.25) is 10.1 Å². The number of benzene rings is 1. The smallest absolute Gasteiger partial charge is 0.412 e. The number of aliphatic hydroxyl groups excluding tert-OH is 1. The Kier molecular flexibility index (Phi) is 5.76. The summed E-state index contributed by atoms with van der Waals surface area (Å²) in [5.41, 5.74) is -0.163. The maximum atomic E-state index is 11.6. The lowest BCUT2D eigenvalue weighted by Gasteiger charge is -2.20. The van der Waals surface area contributed by atoms with Crippen LogP contribution in [0.2, 0.25) is 0 Å². The molecule has 1 rings (SSSR count). The fourth-order valence-corrected chi connectivity index (χ4v) is 1.68. The maximum Gasteiger partial charge on any atom is 0.412 e. The fraction of sp³-hybridized carbons (Fsp3) is 0.467. The van der Waals surface area contributed by atoms with Crippen molar-refractivity contribution >= 4 is 17.7 Å². The molecule has 1 atom stereocenters. The summed E-state index contributed by atoms with van der Waals surface area (Å²) >= 11 is 0. The summed E-state index contributed by atoms with van der Waals surface area (Å²) in [6.07, 6.45) is -2.12. The molecule has 7 nitrogen and oxygen atoms in total. The summed E-state index contributed by atoms with van der Waals surface area (Å²) in [6, 6.07) is 4.16. The first-order valence-electron chi connectivity index (χ1n) is 6.70. The highest BCUT2D eigenvalue weighted by Gasteiger charge is 2.19. The Hall–Kier alpha value is -2.28. The molecule has 0 radical (unpaired) electrons. The molecule has 0 unspecified atom stereocenters. The van der Waals surface area contributed by atoms with Gasteiger partial charge in [0.05, 0.1) is 19.6 Å². The van der Waals surface area contributed by atoms with Gasteiger partial charge in [-0.25, -0.2) is 4.79 Å². The van der Waals surface area contributed by atoms with Crippen LogP contribution in [0.5, 0.6) is 5.75 Å². The Morgan fingerprint density at radius 2 is 1.95 bits per heavy atom. The van der Waals surface area contributed by atoms with Crippen LogP contribution in [0.1, 0.15) is 38.9 Å². The summed E-state index contributed by atoms with van der Waals surface area (Å²) in [4.78, 5) is 22.7. The number of methoxy groups -OCH3 is 1. The number of carbonyl (C=O) groups excluding carboxylic acids is 2. The molecule has 1 aromatic carbocycles. The van der Waals surface area contributed by atoms with Gasteiger partial charge in [-0.1, -0.05) is 6.07 Å². The van der Waals surface area contributed by atoms with Crippen molar-refractivity contribution in [1.29, 1.82) is 0 Å². The van der Waals surface area contributed by atoms with Gasteiger partial charge < -0.3 is 19.7 Å². The summed E-state index contributed by atoms with van der Waals surface area (Å²) in [5.74, 6) is -0.840. The van der Waals surface area contributed by atoms with E-state index >= 15 is 0 Å². The van der Waals surface area contributed by atoms with E-state index in [1.807, 2.05) is 0 Å². The lowest BCUT2D eigenvalue weighted by molar-refractivity contribution is -0.142. The third-order valence-electron chi connectivity index (χ3n) is 2.62. The molecule has 0 heterocycles. The van der Waals surface area contributed by atoms with Gasteiger partial charge in [0.15, 0.2) is 0 Å². The first kappa shape index (κ1) is 17.8. The van der Waals surface area contributed by atoms with Gasteiger partial charge in [0.2, 0.25) is 0 Å². The first-order chi connectivity index (χ1) is 10.1. The number of aromatic hydroxyl groups is 1. The van der Waals surface area contributed by atoms with E-state index in [9.17, 15) is 19.8 Å². The van der Waals surface area contributed by atoms with Crippen LogP contribution in [0.4, 0.5) is 10.5 Å². The Labute approximate surface area is 128 Å². The minimum Gasteiger partial charge on any atom is -0.507 e. The molecule has 0 saturated carbocycles. The molecule has 7 heteroatoms. The van der Waals surface area contributed by atoms with E-state index in [2.05, 4.69) is 10.1 Å². The lowest BCUT2D eigenvalue weighted by Crippen LogP contribution is -2.27. The molecular formula is C15H21NO6. The Morgan fingerprint density at radius 1 is 1.32 bits per heavy atom. The van der Waals surface area contributed by atoms with E-state index in [1.54, 1.807) is 20.8 Å². The summed E-state index contributed by atoms with van der Waals surface area (Å²) < 4.78 is 9.53. The van der Waals surface area contributed by atoms with Gasteiger partial charge >= 0.3 is 12.1 Å².